The summed E-state index contributed by atoms with van der Waals surface area (Å²) in [5.74, 6) is 1.31. The van der Waals surface area contributed by atoms with E-state index in [2.05, 4.69) is 0 Å². The van der Waals surface area contributed by atoms with Crippen LogP contribution in [0.2, 0.25) is 0 Å². The average molecular weight is 235 g/mol. The van der Waals surface area contributed by atoms with Gasteiger partial charge in [-0.15, -0.1) is 0 Å². The van der Waals surface area contributed by atoms with Crippen molar-refractivity contribution in [1.29, 1.82) is 5.26 Å². The number of ether oxygens (including phenoxy) is 3. The molecule has 0 saturated heterocycles. The zero-order valence-electron chi connectivity index (χ0n) is 9.26. The summed E-state index contributed by atoms with van der Waals surface area (Å²) >= 11 is 0. The molecule has 1 N–H and O–H groups in total. The van der Waals surface area contributed by atoms with Gasteiger partial charge in [-0.05, 0) is 17.7 Å². The predicted molar refractivity (Wildman–Crippen MR) is 58.8 cm³/mol. The van der Waals surface area contributed by atoms with Crippen molar-refractivity contribution in [3.8, 4) is 17.6 Å². The molecule has 1 atom stereocenters. The molecular weight excluding hydrogens is 222 g/mol. The summed E-state index contributed by atoms with van der Waals surface area (Å²) < 4.78 is 16.0. The van der Waals surface area contributed by atoms with Crippen LogP contribution in [0.3, 0.4) is 0 Å². The van der Waals surface area contributed by atoms with Crippen LogP contribution in [0.1, 0.15) is 11.7 Å². The second-order valence-corrected chi connectivity index (χ2v) is 3.51. The Morgan fingerprint density at radius 3 is 2.82 bits per heavy atom. The largest absolute Gasteiger partial charge is 0.486 e. The zero-order valence-corrected chi connectivity index (χ0v) is 9.26. The van der Waals surface area contributed by atoms with E-state index in [1.54, 1.807) is 18.2 Å². The van der Waals surface area contributed by atoms with Gasteiger partial charge in [0.15, 0.2) is 17.6 Å². The molecule has 17 heavy (non-hydrogen) atoms. The maximum atomic E-state index is 8.98. The highest BCUT2D eigenvalue weighted by Gasteiger charge is 2.16. The Labute approximate surface area is 99.1 Å². The van der Waals surface area contributed by atoms with Gasteiger partial charge in [0.25, 0.3) is 0 Å². The molecule has 1 aliphatic heterocycles. The van der Waals surface area contributed by atoms with Gasteiger partial charge in [-0.2, -0.15) is 5.26 Å². The highest BCUT2D eigenvalue weighted by molar-refractivity contribution is 5.45. The molecule has 0 fully saturated rings. The van der Waals surface area contributed by atoms with Crippen LogP contribution in [0.4, 0.5) is 0 Å². The maximum absolute atomic E-state index is 8.98. The van der Waals surface area contributed by atoms with Crippen LogP contribution in [-0.4, -0.2) is 31.5 Å². The Morgan fingerprint density at radius 2 is 2.12 bits per heavy atom. The fraction of sp³-hybridized carbons (Fsp3) is 0.417. The molecule has 1 aromatic rings. The van der Waals surface area contributed by atoms with Gasteiger partial charge in [0.1, 0.15) is 13.2 Å². The van der Waals surface area contributed by atoms with Crippen LogP contribution in [0.25, 0.3) is 0 Å². The number of hydrogen-bond donors (Lipinski definition) is 1. The third-order valence-electron chi connectivity index (χ3n) is 2.36. The van der Waals surface area contributed by atoms with Crippen molar-refractivity contribution in [1.82, 2.24) is 0 Å². The summed E-state index contributed by atoms with van der Waals surface area (Å²) in [6.45, 7) is 1.07. The molecule has 0 saturated carbocycles. The first-order valence-corrected chi connectivity index (χ1v) is 5.37. The van der Waals surface area contributed by atoms with E-state index in [1.165, 1.54) is 0 Å². The molecule has 90 valence electrons. The van der Waals surface area contributed by atoms with Crippen molar-refractivity contribution < 1.29 is 19.3 Å². The molecule has 2 rings (SSSR count). The molecular formula is C12H13NO4. The monoisotopic (exact) mass is 235 g/mol. The minimum absolute atomic E-state index is 0.108. The first-order valence-electron chi connectivity index (χ1n) is 5.37. The average Bonchev–Trinajstić information content (AvgIpc) is 2.39. The minimum Gasteiger partial charge on any atom is -0.486 e. The Hall–Kier alpha value is -1.77. The molecule has 0 aliphatic carbocycles. The summed E-state index contributed by atoms with van der Waals surface area (Å²) in [5.41, 5.74) is 0.699. The lowest BCUT2D eigenvalue weighted by Crippen LogP contribution is -2.16. The quantitative estimate of drug-likeness (QED) is 0.843. The van der Waals surface area contributed by atoms with Gasteiger partial charge in [-0.3, -0.25) is 0 Å². The smallest absolute Gasteiger partial charge is 0.169 e. The molecule has 5 nitrogen and oxygen atoms in total. The van der Waals surface area contributed by atoms with Gasteiger partial charge < -0.3 is 19.3 Å². The Bertz CT molecular complexity index is 427. The summed E-state index contributed by atoms with van der Waals surface area (Å²) in [6, 6.07) is 7.29. The van der Waals surface area contributed by atoms with E-state index in [4.69, 9.17) is 24.6 Å². The summed E-state index contributed by atoms with van der Waals surface area (Å²) in [7, 11) is 0. The van der Waals surface area contributed by atoms with Gasteiger partial charge in [-0.25, -0.2) is 0 Å². The fourth-order valence-electron chi connectivity index (χ4n) is 1.60. The standard InChI is InChI=1S/C12H13NO4/c13-8-12(15-4-3-14)9-1-2-10-11(7-9)17-6-5-16-10/h1-2,7,12,14H,3-6H2. The molecule has 0 aromatic heterocycles. The van der Waals surface area contributed by atoms with Crippen LogP contribution in [0.5, 0.6) is 11.5 Å². The molecule has 0 spiro atoms. The number of aliphatic hydroxyl groups is 1. The van der Waals surface area contributed by atoms with Crippen LogP contribution in [0.15, 0.2) is 18.2 Å². The molecule has 1 heterocycles. The highest BCUT2D eigenvalue weighted by Crippen LogP contribution is 2.33. The van der Waals surface area contributed by atoms with E-state index in [1.807, 2.05) is 6.07 Å². The Balaban J connectivity index is 2.17. The van der Waals surface area contributed by atoms with E-state index < -0.39 is 6.10 Å². The zero-order chi connectivity index (χ0) is 12.1. The van der Waals surface area contributed by atoms with E-state index in [-0.39, 0.29) is 13.2 Å². The minimum atomic E-state index is -0.696. The van der Waals surface area contributed by atoms with Crippen molar-refractivity contribution in [2.75, 3.05) is 26.4 Å². The number of rotatable bonds is 4. The topological polar surface area (TPSA) is 71.7 Å². The van der Waals surface area contributed by atoms with E-state index >= 15 is 0 Å². The van der Waals surface area contributed by atoms with Gasteiger partial charge in [0.2, 0.25) is 0 Å². The van der Waals surface area contributed by atoms with Gasteiger partial charge >= 0.3 is 0 Å². The summed E-state index contributed by atoms with van der Waals surface area (Å²) in [4.78, 5) is 0. The van der Waals surface area contributed by atoms with E-state index in [0.29, 0.717) is 30.3 Å². The molecule has 0 bridgehead atoms. The predicted octanol–water partition coefficient (Wildman–Crippen LogP) is 1.03. The van der Waals surface area contributed by atoms with Crippen LogP contribution in [0, 0.1) is 11.3 Å². The van der Waals surface area contributed by atoms with Crippen molar-refractivity contribution in [2.24, 2.45) is 0 Å². The first kappa shape index (κ1) is 11.7. The molecule has 1 aliphatic rings. The van der Waals surface area contributed by atoms with Gasteiger partial charge in [0.05, 0.1) is 19.3 Å². The first-order chi connectivity index (χ1) is 8.35. The molecule has 0 radical (unpaired) electrons. The number of fused-ring (bicyclic) bond motifs is 1. The third-order valence-corrected chi connectivity index (χ3v) is 2.36. The highest BCUT2D eigenvalue weighted by atomic mass is 16.6. The van der Waals surface area contributed by atoms with E-state index in [9.17, 15) is 0 Å². The van der Waals surface area contributed by atoms with Crippen LogP contribution in [-0.2, 0) is 4.74 Å². The lowest BCUT2D eigenvalue weighted by molar-refractivity contribution is 0.0578. The number of hydrogen-bond acceptors (Lipinski definition) is 5. The lowest BCUT2D eigenvalue weighted by atomic mass is 10.1. The molecule has 5 heteroatoms. The lowest BCUT2D eigenvalue weighted by Gasteiger charge is -2.19. The van der Waals surface area contributed by atoms with Crippen molar-refractivity contribution in [3.63, 3.8) is 0 Å². The third kappa shape index (κ3) is 2.67. The molecule has 1 unspecified atom stereocenters. The Kier molecular flexibility index (Phi) is 3.81. The van der Waals surface area contributed by atoms with Gasteiger partial charge in [0, 0.05) is 0 Å². The Morgan fingerprint density at radius 1 is 1.35 bits per heavy atom. The summed E-state index contributed by atoms with van der Waals surface area (Å²) in [5, 5.41) is 17.7. The van der Waals surface area contributed by atoms with Gasteiger partial charge in [-0.1, -0.05) is 6.07 Å². The number of aliphatic hydroxyl groups excluding tert-OH is 1. The second-order valence-electron chi connectivity index (χ2n) is 3.51. The normalized spacial score (nSPS) is 15.1. The number of nitriles is 1. The maximum Gasteiger partial charge on any atom is 0.169 e. The SMILES string of the molecule is N#CC(OCCO)c1ccc2c(c1)OCCO2. The van der Waals surface area contributed by atoms with Crippen molar-refractivity contribution in [2.45, 2.75) is 6.10 Å². The summed E-state index contributed by atoms with van der Waals surface area (Å²) in [6.07, 6.45) is -0.696. The fourth-order valence-corrected chi connectivity index (χ4v) is 1.60. The van der Waals surface area contributed by atoms with Crippen molar-refractivity contribution >= 4 is 0 Å². The molecule has 1 aromatic carbocycles. The van der Waals surface area contributed by atoms with Crippen molar-refractivity contribution in [3.05, 3.63) is 23.8 Å². The number of nitrogens with zero attached hydrogens (tertiary/aromatic N) is 1. The second kappa shape index (κ2) is 5.53. The van der Waals surface area contributed by atoms with Crippen LogP contribution >= 0.6 is 0 Å². The van der Waals surface area contributed by atoms with E-state index in [0.717, 1.165) is 0 Å². The van der Waals surface area contributed by atoms with Crippen LogP contribution < -0.4 is 9.47 Å². The number of benzene rings is 1. The molecule has 0 amide bonds.